The van der Waals surface area contributed by atoms with Gasteiger partial charge in [-0.05, 0) is 24.6 Å². The van der Waals surface area contributed by atoms with Crippen LogP contribution < -0.4 is 5.32 Å². The molecule has 0 aliphatic carbocycles. The van der Waals surface area contributed by atoms with Crippen molar-refractivity contribution in [1.82, 2.24) is 10.3 Å². The van der Waals surface area contributed by atoms with E-state index in [1.165, 1.54) is 7.11 Å². The van der Waals surface area contributed by atoms with Crippen LogP contribution in [-0.4, -0.2) is 24.6 Å². The Balaban J connectivity index is 2.43. The monoisotopic (exact) mass is 194 g/mol. The second-order valence-electron chi connectivity index (χ2n) is 2.96. The Morgan fingerprint density at radius 2 is 2.21 bits per heavy atom. The first kappa shape index (κ1) is 10.7. The first-order valence-electron chi connectivity index (χ1n) is 4.44. The predicted octanol–water partition coefficient (Wildman–Crippen LogP) is 0.905. The first-order chi connectivity index (χ1) is 6.74. The Morgan fingerprint density at radius 1 is 1.57 bits per heavy atom. The van der Waals surface area contributed by atoms with E-state index in [2.05, 4.69) is 15.0 Å². The number of ether oxygens (including phenoxy) is 1. The van der Waals surface area contributed by atoms with E-state index in [-0.39, 0.29) is 18.6 Å². The van der Waals surface area contributed by atoms with Crippen molar-refractivity contribution in [2.75, 3.05) is 13.7 Å². The van der Waals surface area contributed by atoms with Crippen molar-refractivity contribution in [3.63, 3.8) is 0 Å². The molecular weight excluding hydrogens is 180 g/mol. The number of hydrogen-bond acceptors (Lipinski definition) is 4. The molecule has 0 amide bonds. The van der Waals surface area contributed by atoms with Gasteiger partial charge in [0, 0.05) is 18.4 Å². The molecule has 0 radical (unpaired) electrons. The first-order valence-corrected chi connectivity index (χ1v) is 4.44. The Bertz CT molecular complexity index is 287. The van der Waals surface area contributed by atoms with Crippen molar-refractivity contribution in [3.05, 3.63) is 30.1 Å². The van der Waals surface area contributed by atoms with Gasteiger partial charge in [0.1, 0.15) is 0 Å². The smallest absolute Gasteiger partial charge is 0.319 e. The van der Waals surface area contributed by atoms with Crippen LogP contribution in [0.2, 0.25) is 0 Å². The molecule has 0 bridgehead atoms. The second kappa shape index (κ2) is 5.34. The van der Waals surface area contributed by atoms with Crippen LogP contribution >= 0.6 is 0 Å². The summed E-state index contributed by atoms with van der Waals surface area (Å²) in [7, 11) is 1.38. The number of hydrogen-bond donors (Lipinski definition) is 1. The standard InChI is InChI=1S/C10H14N2O2/c1-8(12-7-10(13)14-2)9-3-5-11-6-4-9/h3-6,8,12H,7H2,1-2H3/t8-/m1/s1. The topological polar surface area (TPSA) is 51.2 Å². The zero-order chi connectivity index (χ0) is 10.4. The third-order valence-electron chi connectivity index (χ3n) is 1.99. The molecule has 0 spiro atoms. The molecule has 1 rings (SSSR count). The van der Waals surface area contributed by atoms with Crippen molar-refractivity contribution in [1.29, 1.82) is 0 Å². The molecule has 1 atom stereocenters. The molecule has 4 nitrogen and oxygen atoms in total. The summed E-state index contributed by atoms with van der Waals surface area (Å²) in [4.78, 5) is 14.8. The van der Waals surface area contributed by atoms with E-state index < -0.39 is 0 Å². The van der Waals surface area contributed by atoms with Crippen LogP contribution in [0.3, 0.4) is 0 Å². The number of carbonyl (C=O) groups is 1. The summed E-state index contributed by atoms with van der Waals surface area (Å²) < 4.78 is 4.52. The number of carbonyl (C=O) groups excluding carboxylic acids is 1. The number of nitrogens with zero attached hydrogens (tertiary/aromatic N) is 1. The average molecular weight is 194 g/mol. The summed E-state index contributed by atoms with van der Waals surface area (Å²) in [5.74, 6) is -0.258. The summed E-state index contributed by atoms with van der Waals surface area (Å²) in [6.07, 6.45) is 3.46. The minimum atomic E-state index is -0.258. The highest BCUT2D eigenvalue weighted by Gasteiger charge is 2.06. The fourth-order valence-electron chi connectivity index (χ4n) is 1.08. The summed E-state index contributed by atoms with van der Waals surface area (Å²) in [5.41, 5.74) is 1.10. The lowest BCUT2D eigenvalue weighted by atomic mass is 10.1. The van der Waals surface area contributed by atoms with Gasteiger partial charge < -0.3 is 10.1 Å². The van der Waals surface area contributed by atoms with Gasteiger partial charge in [0.15, 0.2) is 0 Å². The fourth-order valence-corrected chi connectivity index (χ4v) is 1.08. The molecule has 0 aliphatic heterocycles. The minimum Gasteiger partial charge on any atom is -0.468 e. The zero-order valence-corrected chi connectivity index (χ0v) is 8.36. The molecule has 14 heavy (non-hydrogen) atoms. The largest absolute Gasteiger partial charge is 0.468 e. The number of esters is 1. The molecule has 4 heteroatoms. The maximum absolute atomic E-state index is 10.9. The lowest BCUT2D eigenvalue weighted by molar-refractivity contribution is -0.139. The van der Waals surface area contributed by atoms with E-state index in [1.807, 2.05) is 19.1 Å². The maximum atomic E-state index is 10.9. The maximum Gasteiger partial charge on any atom is 0.319 e. The molecule has 0 unspecified atom stereocenters. The van der Waals surface area contributed by atoms with Crippen molar-refractivity contribution in [2.24, 2.45) is 0 Å². The number of aromatic nitrogens is 1. The summed E-state index contributed by atoms with van der Waals surface area (Å²) in [6, 6.07) is 3.95. The Morgan fingerprint density at radius 3 is 2.79 bits per heavy atom. The molecule has 1 aromatic heterocycles. The lowest BCUT2D eigenvalue weighted by Gasteiger charge is -2.12. The molecule has 0 aromatic carbocycles. The molecule has 0 saturated carbocycles. The second-order valence-corrected chi connectivity index (χ2v) is 2.96. The van der Waals surface area contributed by atoms with Crippen LogP contribution in [0.4, 0.5) is 0 Å². The minimum absolute atomic E-state index is 0.122. The van der Waals surface area contributed by atoms with Gasteiger partial charge in [-0.2, -0.15) is 0 Å². The number of methoxy groups -OCH3 is 1. The third kappa shape index (κ3) is 3.14. The van der Waals surface area contributed by atoms with Crippen LogP contribution in [0.15, 0.2) is 24.5 Å². The van der Waals surface area contributed by atoms with Crippen molar-refractivity contribution < 1.29 is 9.53 Å². The number of rotatable bonds is 4. The van der Waals surface area contributed by atoms with Gasteiger partial charge in [-0.3, -0.25) is 9.78 Å². The van der Waals surface area contributed by atoms with Crippen LogP contribution in [0, 0.1) is 0 Å². The molecule has 0 saturated heterocycles. The van der Waals surface area contributed by atoms with E-state index in [1.54, 1.807) is 12.4 Å². The predicted molar refractivity (Wildman–Crippen MR) is 52.7 cm³/mol. The van der Waals surface area contributed by atoms with Crippen LogP contribution in [0.5, 0.6) is 0 Å². The molecule has 1 aromatic rings. The molecule has 1 heterocycles. The molecular formula is C10H14N2O2. The van der Waals surface area contributed by atoms with Crippen LogP contribution in [0.25, 0.3) is 0 Å². The quantitative estimate of drug-likeness (QED) is 0.724. The fraction of sp³-hybridized carbons (Fsp3) is 0.400. The van der Waals surface area contributed by atoms with Crippen molar-refractivity contribution >= 4 is 5.97 Å². The van der Waals surface area contributed by atoms with E-state index in [0.29, 0.717) is 0 Å². The molecule has 0 fully saturated rings. The van der Waals surface area contributed by atoms with Crippen molar-refractivity contribution in [3.8, 4) is 0 Å². The van der Waals surface area contributed by atoms with E-state index in [4.69, 9.17) is 0 Å². The lowest BCUT2D eigenvalue weighted by Crippen LogP contribution is -2.26. The summed E-state index contributed by atoms with van der Waals surface area (Å²) in [5, 5.41) is 3.05. The van der Waals surface area contributed by atoms with Gasteiger partial charge in [0.05, 0.1) is 13.7 Å². The normalized spacial score (nSPS) is 12.1. The average Bonchev–Trinajstić information content (AvgIpc) is 2.26. The summed E-state index contributed by atoms with van der Waals surface area (Å²) in [6.45, 7) is 2.21. The Kier molecular flexibility index (Phi) is 4.07. The number of nitrogens with one attached hydrogen (secondary N) is 1. The highest BCUT2D eigenvalue weighted by Crippen LogP contribution is 2.09. The van der Waals surface area contributed by atoms with Crippen LogP contribution in [-0.2, 0) is 9.53 Å². The highest BCUT2D eigenvalue weighted by atomic mass is 16.5. The summed E-state index contributed by atoms with van der Waals surface area (Å²) >= 11 is 0. The van der Waals surface area contributed by atoms with Gasteiger partial charge in [0.25, 0.3) is 0 Å². The van der Waals surface area contributed by atoms with E-state index in [0.717, 1.165) is 5.56 Å². The van der Waals surface area contributed by atoms with E-state index >= 15 is 0 Å². The molecule has 1 N–H and O–H groups in total. The van der Waals surface area contributed by atoms with Gasteiger partial charge in [-0.25, -0.2) is 0 Å². The molecule has 0 aliphatic rings. The number of pyridine rings is 1. The van der Waals surface area contributed by atoms with Crippen molar-refractivity contribution in [2.45, 2.75) is 13.0 Å². The third-order valence-corrected chi connectivity index (χ3v) is 1.99. The Labute approximate surface area is 83.3 Å². The van der Waals surface area contributed by atoms with E-state index in [9.17, 15) is 4.79 Å². The van der Waals surface area contributed by atoms with Gasteiger partial charge >= 0.3 is 5.97 Å². The van der Waals surface area contributed by atoms with Gasteiger partial charge in [0.2, 0.25) is 0 Å². The Hall–Kier alpha value is -1.42. The van der Waals surface area contributed by atoms with Gasteiger partial charge in [-0.15, -0.1) is 0 Å². The highest BCUT2D eigenvalue weighted by molar-refractivity contribution is 5.71. The van der Waals surface area contributed by atoms with Crippen LogP contribution in [0.1, 0.15) is 18.5 Å². The zero-order valence-electron chi connectivity index (χ0n) is 8.36. The van der Waals surface area contributed by atoms with Gasteiger partial charge in [-0.1, -0.05) is 0 Å². The SMILES string of the molecule is COC(=O)CN[C@H](C)c1ccncc1. The molecule has 76 valence electrons.